The zero-order chi connectivity index (χ0) is 13.4. The van der Waals surface area contributed by atoms with E-state index in [1.165, 1.54) is 11.3 Å². The van der Waals surface area contributed by atoms with E-state index in [4.69, 9.17) is 29.1 Å². The van der Waals surface area contributed by atoms with E-state index in [2.05, 4.69) is 11.1 Å². The predicted octanol–water partition coefficient (Wildman–Crippen LogP) is 4.33. The highest BCUT2D eigenvalue weighted by Crippen LogP contribution is 2.24. The first-order valence-corrected chi connectivity index (χ1v) is 7.14. The molecule has 0 unspecified atom stereocenters. The van der Waals surface area contributed by atoms with Gasteiger partial charge in [0, 0.05) is 4.88 Å². The van der Waals surface area contributed by atoms with Crippen LogP contribution in [-0.4, -0.2) is 9.55 Å². The third-order valence-electron chi connectivity index (χ3n) is 2.85. The number of thiophene rings is 1. The second-order valence-electron chi connectivity index (χ2n) is 4.07. The molecule has 19 heavy (non-hydrogen) atoms. The van der Waals surface area contributed by atoms with Crippen molar-refractivity contribution >= 4 is 46.2 Å². The van der Waals surface area contributed by atoms with Crippen molar-refractivity contribution < 1.29 is 0 Å². The predicted molar refractivity (Wildman–Crippen MR) is 80.3 cm³/mol. The van der Waals surface area contributed by atoms with E-state index in [9.17, 15) is 0 Å². The third-order valence-corrected chi connectivity index (χ3v) is 4.39. The van der Waals surface area contributed by atoms with Crippen LogP contribution in [0.5, 0.6) is 0 Å². The molecule has 0 aliphatic rings. The minimum Gasteiger partial charge on any atom is -0.331 e. The summed E-state index contributed by atoms with van der Waals surface area (Å²) in [4.78, 5) is 4.27. The van der Waals surface area contributed by atoms with Crippen molar-refractivity contribution in [1.29, 1.82) is 5.26 Å². The van der Waals surface area contributed by atoms with Crippen LogP contribution < -0.4 is 0 Å². The molecular weight excluding hydrogens is 298 g/mol. The Morgan fingerprint density at radius 3 is 2.89 bits per heavy atom. The lowest BCUT2D eigenvalue weighted by Crippen LogP contribution is -1.97. The van der Waals surface area contributed by atoms with Gasteiger partial charge in [-0.1, -0.05) is 11.6 Å². The number of nitriles is 1. The molecule has 3 nitrogen and oxygen atoms in total. The van der Waals surface area contributed by atoms with Gasteiger partial charge in [-0.25, -0.2) is 0 Å². The van der Waals surface area contributed by atoms with Crippen molar-refractivity contribution in [2.45, 2.75) is 6.54 Å². The average molecular weight is 306 g/mol. The van der Waals surface area contributed by atoms with Crippen LogP contribution in [0.3, 0.4) is 0 Å². The Kier molecular flexibility index (Phi) is 3.15. The highest BCUT2D eigenvalue weighted by atomic mass is 35.5. The highest BCUT2D eigenvalue weighted by Gasteiger charge is 2.07. The van der Waals surface area contributed by atoms with Gasteiger partial charge in [-0.2, -0.15) is 5.26 Å². The van der Waals surface area contributed by atoms with Gasteiger partial charge in [0.05, 0.1) is 33.5 Å². The fraction of sp³-hybridized carbons (Fsp3) is 0.0769. The Hall–Kier alpha value is -1.61. The maximum atomic E-state index is 8.98. The molecule has 0 fully saturated rings. The zero-order valence-electron chi connectivity index (χ0n) is 9.68. The van der Waals surface area contributed by atoms with Crippen molar-refractivity contribution in [2.75, 3.05) is 0 Å². The summed E-state index contributed by atoms with van der Waals surface area (Å²) >= 11 is 12.8. The molecule has 0 amide bonds. The fourth-order valence-electron chi connectivity index (χ4n) is 1.97. The molecule has 0 radical (unpaired) electrons. The first kappa shape index (κ1) is 12.4. The van der Waals surface area contributed by atoms with E-state index in [1.54, 1.807) is 6.07 Å². The Balaban J connectivity index is 2.14. The van der Waals surface area contributed by atoms with Crippen molar-refractivity contribution in [1.82, 2.24) is 9.55 Å². The van der Waals surface area contributed by atoms with E-state index in [0.717, 1.165) is 20.2 Å². The Labute approximate surface area is 123 Å². The van der Waals surface area contributed by atoms with Crippen LogP contribution in [0.15, 0.2) is 30.3 Å². The lowest BCUT2D eigenvalue weighted by molar-refractivity contribution is 0.823. The number of halogens is 1. The number of nitrogens with one attached hydrogen (secondary N) is 1. The molecular formula is C13H8ClN3S2. The normalized spacial score (nSPS) is 10.7. The van der Waals surface area contributed by atoms with Gasteiger partial charge in [0.1, 0.15) is 0 Å². The quantitative estimate of drug-likeness (QED) is 0.716. The number of hydrogen-bond donors (Lipinski definition) is 1. The van der Waals surface area contributed by atoms with Crippen LogP contribution >= 0.6 is 35.2 Å². The van der Waals surface area contributed by atoms with Crippen LogP contribution in [0.25, 0.3) is 11.0 Å². The number of H-pyrrole nitrogens is 1. The van der Waals surface area contributed by atoms with Gasteiger partial charge in [0.25, 0.3) is 0 Å². The average Bonchev–Trinajstić information content (AvgIpc) is 2.94. The van der Waals surface area contributed by atoms with Crippen LogP contribution in [0.2, 0.25) is 4.34 Å². The summed E-state index contributed by atoms with van der Waals surface area (Å²) in [5, 5.41) is 8.98. The number of aromatic nitrogens is 2. The molecule has 94 valence electrons. The van der Waals surface area contributed by atoms with E-state index in [0.29, 0.717) is 16.9 Å². The number of rotatable bonds is 2. The molecule has 0 saturated carbocycles. The van der Waals surface area contributed by atoms with Crippen molar-refractivity contribution in [3.63, 3.8) is 0 Å². The third kappa shape index (κ3) is 2.30. The number of fused-ring (bicyclic) bond motifs is 1. The minimum absolute atomic E-state index is 0.625. The van der Waals surface area contributed by atoms with Gasteiger partial charge in [-0.05, 0) is 42.5 Å². The summed E-state index contributed by atoms with van der Waals surface area (Å²) in [6.45, 7) is 0.658. The molecule has 0 spiro atoms. The highest BCUT2D eigenvalue weighted by molar-refractivity contribution is 7.71. The maximum Gasteiger partial charge on any atom is 0.178 e. The van der Waals surface area contributed by atoms with Gasteiger partial charge in [-0.3, -0.25) is 0 Å². The molecule has 0 bridgehead atoms. The smallest absolute Gasteiger partial charge is 0.178 e. The van der Waals surface area contributed by atoms with Crippen LogP contribution in [0, 0.1) is 16.1 Å². The maximum absolute atomic E-state index is 8.98. The molecule has 2 aromatic heterocycles. The van der Waals surface area contributed by atoms with Gasteiger partial charge in [0.2, 0.25) is 0 Å². The van der Waals surface area contributed by atoms with E-state index < -0.39 is 0 Å². The van der Waals surface area contributed by atoms with Crippen molar-refractivity contribution in [3.8, 4) is 6.07 Å². The molecule has 0 aliphatic carbocycles. The van der Waals surface area contributed by atoms with E-state index >= 15 is 0 Å². The monoisotopic (exact) mass is 305 g/mol. The second kappa shape index (κ2) is 4.82. The number of benzene rings is 1. The topological polar surface area (TPSA) is 44.5 Å². The van der Waals surface area contributed by atoms with Crippen molar-refractivity contribution in [2.24, 2.45) is 0 Å². The molecule has 0 aliphatic heterocycles. The molecule has 2 heterocycles. The summed E-state index contributed by atoms with van der Waals surface area (Å²) in [5.41, 5.74) is 2.50. The standard InChI is InChI=1S/C13H8ClN3S2/c14-12-4-2-9(19-12)7-17-11-5-8(6-15)1-3-10(11)16-13(17)18/h1-5H,7H2,(H,16,18). The largest absolute Gasteiger partial charge is 0.331 e. The van der Waals surface area contributed by atoms with Crippen LogP contribution in [-0.2, 0) is 6.54 Å². The van der Waals surface area contributed by atoms with E-state index in [-0.39, 0.29) is 0 Å². The van der Waals surface area contributed by atoms with Gasteiger partial charge < -0.3 is 9.55 Å². The van der Waals surface area contributed by atoms with Crippen LogP contribution in [0.1, 0.15) is 10.4 Å². The number of nitrogens with zero attached hydrogens (tertiary/aromatic N) is 2. The number of hydrogen-bond acceptors (Lipinski definition) is 3. The van der Waals surface area contributed by atoms with Crippen LogP contribution in [0.4, 0.5) is 0 Å². The lowest BCUT2D eigenvalue weighted by Gasteiger charge is -2.02. The Bertz CT molecular complexity index is 851. The molecule has 6 heteroatoms. The summed E-state index contributed by atoms with van der Waals surface area (Å²) in [6.07, 6.45) is 0. The first-order valence-electron chi connectivity index (χ1n) is 5.54. The minimum atomic E-state index is 0.625. The molecule has 3 rings (SSSR count). The van der Waals surface area contributed by atoms with Gasteiger partial charge >= 0.3 is 0 Å². The molecule has 0 atom stereocenters. The summed E-state index contributed by atoms with van der Waals surface area (Å²) in [6, 6.07) is 11.5. The number of imidazole rings is 1. The van der Waals surface area contributed by atoms with Gasteiger partial charge in [0.15, 0.2) is 4.77 Å². The lowest BCUT2D eigenvalue weighted by atomic mass is 10.2. The summed E-state index contributed by atoms with van der Waals surface area (Å²) < 4.78 is 3.39. The summed E-state index contributed by atoms with van der Waals surface area (Å²) in [5.74, 6) is 0. The second-order valence-corrected chi connectivity index (χ2v) is 6.25. The zero-order valence-corrected chi connectivity index (χ0v) is 12.1. The Morgan fingerprint density at radius 2 is 2.21 bits per heavy atom. The van der Waals surface area contributed by atoms with Gasteiger partial charge in [-0.15, -0.1) is 11.3 Å². The van der Waals surface area contributed by atoms with E-state index in [1.807, 2.05) is 28.8 Å². The molecule has 1 N–H and O–H groups in total. The Morgan fingerprint density at radius 1 is 1.37 bits per heavy atom. The SMILES string of the molecule is N#Cc1ccc2[nH]c(=S)n(Cc3ccc(Cl)s3)c2c1. The fourth-order valence-corrected chi connectivity index (χ4v) is 3.32. The molecule has 0 saturated heterocycles. The first-order chi connectivity index (χ1) is 9.17. The van der Waals surface area contributed by atoms with Crippen molar-refractivity contribution in [3.05, 3.63) is 49.9 Å². The molecule has 3 aromatic rings. The molecule has 1 aromatic carbocycles. The number of aromatic amines is 1. The summed E-state index contributed by atoms with van der Waals surface area (Å²) in [7, 11) is 0.